The Balaban J connectivity index is 1.54. The van der Waals surface area contributed by atoms with Crippen molar-refractivity contribution >= 4 is 11.8 Å². The molecule has 0 saturated heterocycles. The van der Waals surface area contributed by atoms with E-state index in [1.54, 1.807) is 0 Å². The lowest BCUT2D eigenvalue weighted by molar-refractivity contribution is 0.0310. The van der Waals surface area contributed by atoms with Crippen molar-refractivity contribution in [1.82, 2.24) is 4.98 Å². The van der Waals surface area contributed by atoms with Gasteiger partial charge in [-0.05, 0) is 75.1 Å². The summed E-state index contributed by atoms with van der Waals surface area (Å²) in [5.41, 5.74) is 3.82. The van der Waals surface area contributed by atoms with E-state index in [0.29, 0.717) is 30.7 Å². The molecular formula is C23H27NO4. The first-order valence-electron chi connectivity index (χ1n) is 10.2. The predicted molar refractivity (Wildman–Crippen MR) is 106 cm³/mol. The first kappa shape index (κ1) is 18.8. The summed E-state index contributed by atoms with van der Waals surface area (Å²) in [6.07, 6.45) is 5.28. The Morgan fingerprint density at radius 3 is 2.54 bits per heavy atom. The number of esters is 1. The van der Waals surface area contributed by atoms with Gasteiger partial charge in [-0.2, -0.15) is 0 Å². The largest absolute Gasteiger partial charge is 0.494 e. The maximum absolute atomic E-state index is 12.8. The maximum atomic E-state index is 12.8. The number of aromatic nitrogens is 1. The molecule has 0 bridgehead atoms. The number of carbonyl (C=O) groups excluding carboxylic acids is 2. The van der Waals surface area contributed by atoms with E-state index in [0.717, 1.165) is 48.3 Å². The molecule has 0 radical (unpaired) electrons. The Morgan fingerprint density at radius 1 is 1.14 bits per heavy atom. The SMILES string of the molecule is CCOc1ccc([C@@H]2CC(=O)c3c([nH]c(C(=O)OC4CCCC4)c3C)C2)cc1. The van der Waals surface area contributed by atoms with Crippen molar-refractivity contribution in [3.05, 3.63) is 52.3 Å². The monoisotopic (exact) mass is 381 g/mol. The van der Waals surface area contributed by atoms with Crippen molar-refractivity contribution in [2.45, 2.75) is 64.4 Å². The molecule has 148 valence electrons. The third-order valence-corrected chi connectivity index (χ3v) is 5.93. The van der Waals surface area contributed by atoms with Gasteiger partial charge in [0.05, 0.1) is 6.61 Å². The zero-order valence-electron chi connectivity index (χ0n) is 16.5. The number of ether oxygens (including phenoxy) is 2. The summed E-state index contributed by atoms with van der Waals surface area (Å²) >= 11 is 0. The van der Waals surface area contributed by atoms with E-state index in [2.05, 4.69) is 4.98 Å². The number of carbonyl (C=O) groups is 2. The molecule has 1 aromatic heterocycles. The predicted octanol–water partition coefficient (Wildman–Crippen LogP) is 4.73. The van der Waals surface area contributed by atoms with Crippen LogP contribution in [0, 0.1) is 6.92 Å². The summed E-state index contributed by atoms with van der Waals surface area (Å²) in [4.78, 5) is 28.7. The van der Waals surface area contributed by atoms with E-state index in [4.69, 9.17) is 9.47 Å². The average Bonchev–Trinajstić information content (AvgIpc) is 3.30. The lowest BCUT2D eigenvalue weighted by atomic mass is 9.81. The van der Waals surface area contributed by atoms with E-state index in [9.17, 15) is 9.59 Å². The minimum Gasteiger partial charge on any atom is -0.494 e. The summed E-state index contributed by atoms with van der Waals surface area (Å²) in [5, 5.41) is 0. The second-order valence-corrected chi connectivity index (χ2v) is 7.82. The summed E-state index contributed by atoms with van der Waals surface area (Å²) in [7, 11) is 0. The molecule has 2 aromatic rings. The number of fused-ring (bicyclic) bond motifs is 1. The average molecular weight is 381 g/mol. The standard InChI is InChI=1S/C23H27NO4/c1-3-27-17-10-8-15(9-11-17)16-12-19-21(20(25)13-16)14(2)22(24-19)23(26)28-18-6-4-5-7-18/h8-11,16,18,24H,3-7,12-13H2,1-2H3/t16-/m0/s1. The fourth-order valence-corrected chi connectivity index (χ4v) is 4.49. The Kier molecular flexibility index (Phi) is 5.25. The van der Waals surface area contributed by atoms with Crippen LogP contribution >= 0.6 is 0 Å². The molecule has 1 N–H and O–H groups in total. The molecule has 1 fully saturated rings. The number of rotatable bonds is 5. The highest BCUT2D eigenvalue weighted by Crippen LogP contribution is 2.36. The second-order valence-electron chi connectivity index (χ2n) is 7.82. The number of ketones is 1. The Morgan fingerprint density at radius 2 is 1.86 bits per heavy atom. The van der Waals surface area contributed by atoms with Crippen molar-refractivity contribution in [2.24, 2.45) is 0 Å². The zero-order valence-corrected chi connectivity index (χ0v) is 16.5. The lowest BCUT2D eigenvalue weighted by Gasteiger charge is -2.22. The van der Waals surface area contributed by atoms with Crippen molar-refractivity contribution in [3.8, 4) is 5.75 Å². The first-order valence-corrected chi connectivity index (χ1v) is 10.2. The van der Waals surface area contributed by atoms with Gasteiger partial charge in [-0.15, -0.1) is 0 Å². The number of H-pyrrole nitrogens is 1. The third kappa shape index (κ3) is 3.58. The number of benzene rings is 1. The van der Waals surface area contributed by atoms with Crippen LogP contribution in [-0.2, 0) is 11.2 Å². The van der Waals surface area contributed by atoms with Crippen molar-refractivity contribution in [2.75, 3.05) is 6.61 Å². The third-order valence-electron chi connectivity index (χ3n) is 5.93. The topological polar surface area (TPSA) is 68.4 Å². The van der Waals surface area contributed by atoms with Gasteiger partial charge in [-0.3, -0.25) is 4.79 Å². The molecule has 0 spiro atoms. The molecule has 1 atom stereocenters. The smallest absolute Gasteiger partial charge is 0.355 e. The molecule has 5 nitrogen and oxygen atoms in total. The molecular weight excluding hydrogens is 354 g/mol. The number of hydrogen-bond acceptors (Lipinski definition) is 4. The van der Waals surface area contributed by atoms with Gasteiger partial charge in [0.25, 0.3) is 0 Å². The van der Waals surface area contributed by atoms with Crippen LogP contribution in [-0.4, -0.2) is 29.4 Å². The number of nitrogens with one attached hydrogen (secondary N) is 1. The van der Waals surface area contributed by atoms with Crippen LogP contribution in [0.3, 0.4) is 0 Å². The molecule has 0 aliphatic heterocycles. The molecule has 1 heterocycles. The highest BCUT2D eigenvalue weighted by atomic mass is 16.5. The molecule has 0 unspecified atom stereocenters. The minimum atomic E-state index is -0.329. The second kappa shape index (κ2) is 7.82. The van der Waals surface area contributed by atoms with Crippen LogP contribution in [0.1, 0.15) is 82.6 Å². The fraction of sp³-hybridized carbons (Fsp3) is 0.478. The van der Waals surface area contributed by atoms with Crippen molar-refractivity contribution in [3.63, 3.8) is 0 Å². The van der Waals surface area contributed by atoms with Crippen LogP contribution in [0.5, 0.6) is 5.75 Å². The van der Waals surface area contributed by atoms with Gasteiger partial charge in [0.15, 0.2) is 5.78 Å². The van der Waals surface area contributed by atoms with Crippen LogP contribution in [0.25, 0.3) is 0 Å². The number of hydrogen-bond donors (Lipinski definition) is 1. The van der Waals surface area contributed by atoms with E-state index < -0.39 is 0 Å². The summed E-state index contributed by atoms with van der Waals surface area (Å²) < 4.78 is 11.1. The lowest BCUT2D eigenvalue weighted by Crippen LogP contribution is -2.18. The van der Waals surface area contributed by atoms with Gasteiger partial charge < -0.3 is 14.5 Å². The molecule has 2 aliphatic rings. The van der Waals surface area contributed by atoms with Gasteiger partial charge in [-0.1, -0.05) is 12.1 Å². The molecule has 1 saturated carbocycles. The molecule has 2 aliphatic carbocycles. The normalized spacial score (nSPS) is 19.5. The molecule has 28 heavy (non-hydrogen) atoms. The zero-order chi connectivity index (χ0) is 19.7. The van der Waals surface area contributed by atoms with Crippen LogP contribution < -0.4 is 4.74 Å². The summed E-state index contributed by atoms with van der Waals surface area (Å²) in [6.45, 7) is 4.43. The van der Waals surface area contributed by atoms with Crippen molar-refractivity contribution < 1.29 is 19.1 Å². The molecule has 4 rings (SSSR count). The summed E-state index contributed by atoms with van der Waals surface area (Å²) in [5.74, 6) is 0.701. The van der Waals surface area contributed by atoms with E-state index in [1.165, 1.54) is 0 Å². The molecule has 1 aromatic carbocycles. The van der Waals surface area contributed by atoms with Gasteiger partial charge in [-0.25, -0.2) is 4.79 Å². The van der Waals surface area contributed by atoms with Crippen LogP contribution in [0.2, 0.25) is 0 Å². The van der Waals surface area contributed by atoms with Gasteiger partial charge >= 0.3 is 5.97 Å². The number of Topliss-reactive ketones (excluding diaryl/α,β-unsaturated/α-hetero) is 1. The van der Waals surface area contributed by atoms with Gasteiger partial charge in [0.2, 0.25) is 0 Å². The van der Waals surface area contributed by atoms with Gasteiger partial charge in [0, 0.05) is 17.7 Å². The van der Waals surface area contributed by atoms with Crippen molar-refractivity contribution in [1.29, 1.82) is 0 Å². The Labute approximate surface area is 165 Å². The quantitative estimate of drug-likeness (QED) is 0.760. The highest BCUT2D eigenvalue weighted by molar-refractivity contribution is 6.03. The minimum absolute atomic E-state index is 0.0135. The van der Waals surface area contributed by atoms with Crippen LogP contribution in [0.15, 0.2) is 24.3 Å². The molecule has 5 heteroatoms. The Hall–Kier alpha value is -2.56. The first-order chi connectivity index (χ1) is 13.6. The molecule has 0 amide bonds. The number of aromatic amines is 1. The fourth-order valence-electron chi connectivity index (χ4n) is 4.49. The maximum Gasteiger partial charge on any atom is 0.355 e. The van der Waals surface area contributed by atoms with Gasteiger partial charge in [0.1, 0.15) is 17.5 Å². The van der Waals surface area contributed by atoms with Crippen LogP contribution in [0.4, 0.5) is 0 Å². The highest BCUT2D eigenvalue weighted by Gasteiger charge is 2.33. The van der Waals surface area contributed by atoms with E-state index >= 15 is 0 Å². The summed E-state index contributed by atoms with van der Waals surface area (Å²) in [6, 6.07) is 7.95. The van der Waals surface area contributed by atoms with E-state index in [-0.39, 0.29) is 23.8 Å². The van der Waals surface area contributed by atoms with E-state index in [1.807, 2.05) is 38.1 Å². The Bertz CT molecular complexity index is 875.